The average molecular weight is 298 g/mol. The standard InChI is InChI=1S/C9H7BrClFO3/c10-6-3-4(11)1-2-5(6)8(13)7(12)9(14)15/h1-3,7-8,13H,(H,14,15). The lowest BCUT2D eigenvalue weighted by Gasteiger charge is -2.14. The quantitative estimate of drug-likeness (QED) is 0.901. The minimum absolute atomic E-state index is 0.148. The number of carbonyl (C=O) groups is 1. The highest BCUT2D eigenvalue weighted by atomic mass is 79.9. The first-order valence-corrected chi connectivity index (χ1v) is 5.10. The van der Waals surface area contributed by atoms with E-state index in [1.54, 1.807) is 0 Å². The molecule has 2 unspecified atom stereocenters. The number of carboxylic acids is 1. The molecule has 0 fully saturated rings. The Morgan fingerprint density at radius 1 is 1.53 bits per heavy atom. The minimum Gasteiger partial charge on any atom is -0.479 e. The van der Waals surface area contributed by atoms with Gasteiger partial charge in [-0.3, -0.25) is 0 Å². The highest BCUT2D eigenvalue weighted by molar-refractivity contribution is 9.10. The van der Waals surface area contributed by atoms with Crippen LogP contribution in [0.4, 0.5) is 4.39 Å². The second-order valence-electron chi connectivity index (χ2n) is 2.85. The molecule has 6 heteroatoms. The van der Waals surface area contributed by atoms with Crippen molar-refractivity contribution in [1.29, 1.82) is 0 Å². The maximum absolute atomic E-state index is 13.0. The number of halogens is 3. The SMILES string of the molecule is O=C(O)C(F)C(O)c1ccc(Cl)cc1Br. The number of aliphatic hydroxyl groups is 1. The minimum atomic E-state index is -2.36. The van der Waals surface area contributed by atoms with Gasteiger partial charge in [-0.25, -0.2) is 9.18 Å². The number of aliphatic carboxylic acids is 1. The molecule has 0 aromatic heterocycles. The van der Waals surface area contributed by atoms with Gasteiger partial charge >= 0.3 is 5.97 Å². The summed E-state index contributed by atoms with van der Waals surface area (Å²) in [6.45, 7) is 0. The number of rotatable bonds is 3. The molecule has 15 heavy (non-hydrogen) atoms. The van der Waals surface area contributed by atoms with Crippen LogP contribution >= 0.6 is 27.5 Å². The average Bonchev–Trinajstić information content (AvgIpc) is 2.15. The molecule has 3 nitrogen and oxygen atoms in total. The molecule has 2 N–H and O–H groups in total. The smallest absolute Gasteiger partial charge is 0.341 e. The fourth-order valence-corrected chi connectivity index (χ4v) is 1.95. The summed E-state index contributed by atoms with van der Waals surface area (Å²) in [5, 5.41) is 18.2. The maximum atomic E-state index is 13.0. The Balaban J connectivity index is 3.01. The predicted octanol–water partition coefficient (Wildman–Crippen LogP) is 2.56. The molecule has 82 valence electrons. The van der Waals surface area contributed by atoms with Crippen molar-refractivity contribution in [3.05, 3.63) is 33.3 Å². The van der Waals surface area contributed by atoms with Gasteiger partial charge in [0.05, 0.1) is 0 Å². The molecule has 0 saturated carbocycles. The van der Waals surface area contributed by atoms with E-state index in [0.717, 1.165) is 0 Å². The van der Waals surface area contributed by atoms with E-state index in [0.29, 0.717) is 9.50 Å². The summed E-state index contributed by atoms with van der Waals surface area (Å²) in [7, 11) is 0. The van der Waals surface area contributed by atoms with E-state index in [4.69, 9.17) is 16.7 Å². The Hall–Kier alpha value is -0.650. The van der Waals surface area contributed by atoms with Gasteiger partial charge in [0.2, 0.25) is 6.17 Å². The third kappa shape index (κ3) is 2.90. The summed E-state index contributed by atoms with van der Waals surface area (Å²) in [6, 6.07) is 4.26. The largest absolute Gasteiger partial charge is 0.479 e. The Kier molecular flexibility index (Phi) is 4.07. The van der Waals surface area contributed by atoms with Gasteiger partial charge < -0.3 is 10.2 Å². The number of aliphatic hydroxyl groups excluding tert-OH is 1. The molecular formula is C9H7BrClFO3. The van der Waals surface area contributed by atoms with Crippen molar-refractivity contribution in [2.75, 3.05) is 0 Å². The van der Waals surface area contributed by atoms with Gasteiger partial charge in [0, 0.05) is 9.50 Å². The van der Waals surface area contributed by atoms with E-state index in [2.05, 4.69) is 15.9 Å². The van der Waals surface area contributed by atoms with Crippen molar-refractivity contribution in [1.82, 2.24) is 0 Å². The van der Waals surface area contributed by atoms with Gasteiger partial charge in [-0.15, -0.1) is 0 Å². The van der Waals surface area contributed by atoms with Gasteiger partial charge in [0.15, 0.2) is 0 Å². The lowest BCUT2D eigenvalue weighted by atomic mass is 10.1. The Bertz CT molecular complexity index is 386. The highest BCUT2D eigenvalue weighted by Gasteiger charge is 2.28. The van der Waals surface area contributed by atoms with Crippen molar-refractivity contribution >= 4 is 33.5 Å². The summed E-state index contributed by atoms with van der Waals surface area (Å²) in [5.74, 6) is -1.70. The molecule has 0 amide bonds. The number of benzene rings is 1. The first kappa shape index (κ1) is 12.4. The van der Waals surface area contributed by atoms with Crippen LogP contribution in [-0.4, -0.2) is 22.4 Å². The van der Waals surface area contributed by atoms with Crippen molar-refractivity contribution in [3.63, 3.8) is 0 Å². The van der Waals surface area contributed by atoms with Crippen LogP contribution in [0.5, 0.6) is 0 Å². The molecule has 0 radical (unpaired) electrons. The van der Waals surface area contributed by atoms with Crippen LogP contribution in [0.2, 0.25) is 5.02 Å². The van der Waals surface area contributed by atoms with Gasteiger partial charge in [-0.05, 0) is 17.7 Å². The molecule has 2 atom stereocenters. The van der Waals surface area contributed by atoms with Crippen LogP contribution in [0.3, 0.4) is 0 Å². The zero-order valence-electron chi connectivity index (χ0n) is 7.32. The topological polar surface area (TPSA) is 57.5 Å². The fraction of sp³-hybridized carbons (Fsp3) is 0.222. The van der Waals surface area contributed by atoms with E-state index in [1.807, 2.05) is 0 Å². The van der Waals surface area contributed by atoms with Crippen LogP contribution < -0.4 is 0 Å². The van der Waals surface area contributed by atoms with E-state index in [-0.39, 0.29) is 5.56 Å². The number of hydrogen-bond donors (Lipinski definition) is 2. The maximum Gasteiger partial charge on any atom is 0.341 e. The van der Waals surface area contributed by atoms with Crippen LogP contribution in [0.15, 0.2) is 22.7 Å². The number of alkyl halides is 1. The second-order valence-corrected chi connectivity index (χ2v) is 4.14. The summed E-state index contributed by atoms with van der Waals surface area (Å²) in [4.78, 5) is 10.3. The van der Waals surface area contributed by atoms with Crippen molar-refractivity contribution in [2.45, 2.75) is 12.3 Å². The zero-order chi connectivity index (χ0) is 11.6. The normalized spacial score (nSPS) is 14.7. The monoisotopic (exact) mass is 296 g/mol. The summed E-state index contributed by atoms with van der Waals surface area (Å²) in [5.41, 5.74) is 0.148. The zero-order valence-corrected chi connectivity index (χ0v) is 9.67. The first-order valence-electron chi connectivity index (χ1n) is 3.93. The molecule has 1 aromatic rings. The third-order valence-electron chi connectivity index (χ3n) is 1.79. The van der Waals surface area contributed by atoms with Crippen molar-refractivity contribution < 1.29 is 19.4 Å². The first-order chi connectivity index (χ1) is 6.93. The van der Waals surface area contributed by atoms with Gasteiger partial charge in [-0.1, -0.05) is 33.6 Å². The summed E-state index contributed by atoms with van der Waals surface area (Å²) in [6.07, 6.45) is -4.07. The second kappa shape index (κ2) is 4.92. The van der Waals surface area contributed by atoms with Crippen molar-refractivity contribution in [3.8, 4) is 0 Å². The van der Waals surface area contributed by atoms with Gasteiger partial charge in [-0.2, -0.15) is 0 Å². The van der Waals surface area contributed by atoms with Gasteiger partial charge in [0.1, 0.15) is 6.10 Å². The number of carboxylic acid groups (broad SMARTS) is 1. The Morgan fingerprint density at radius 3 is 2.60 bits per heavy atom. The number of hydrogen-bond acceptors (Lipinski definition) is 2. The van der Waals surface area contributed by atoms with E-state index < -0.39 is 18.2 Å². The summed E-state index contributed by atoms with van der Waals surface area (Å²) < 4.78 is 13.3. The Labute approximate surface area is 98.6 Å². The molecule has 1 aromatic carbocycles. The van der Waals surface area contributed by atoms with E-state index in [1.165, 1.54) is 18.2 Å². The lowest BCUT2D eigenvalue weighted by molar-refractivity contribution is -0.147. The molecule has 0 saturated heterocycles. The van der Waals surface area contributed by atoms with Crippen LogP contribution in [0.1, 0.15) is 11.7 Å². The molecule has 0 aliphatic rings. The third-order valence-corrected chi connectivity index (χ3v) is 2.72. The lowest BCUT2D eigenvalue weighted by Crippen LogP contribution is -2.23. The molecule has 1 rings (SSSR count). The van der Waals surface area contributed by atoms with Crippen LogP contribution in [0.25, 0.3) is 0 Å². The molecule has 0 bridgehead atoms. The highest BCUT2D eigenvalue weighted by Crippen LogP contribution is 2.29. The van der Waals surface area contributed by atoms with Crippen LogP contribution in [0, 0.1) is 0 Å². The van der Waals surface area contributed by atoms with Crippen molar-refractivity contribution in [2.24, 2.45) is 0 Å². The van der Waals surface area contributed by atoms with Crippen LogP contribution in [-0.2, 0) is 4.79 Å². The molecule has 0 aliphatic carbocycles. The fourth-order valence-electron chi connectivity index (χ4n) is 1.03. The predicted molar refractivity (Wildman–Crippen MR) is 56.6 cm³/mol. The van der Waals surface area contributed by atoms with E-state index >= 15 is 0 Å². The molecular weight excluding hydrogens is 290 g/mol. The molecule has 0 heterocycles. The Morgan fingerprint density at radius 2 is 2.13 bits per heavy atom. The molecule has 0 aliphatic heterocycles. The van der Waals surface area contributed by atoms with Gasteiger partial charge in [0.25, 0.3) is 0 Å². The molecule has 0 spiro atoms. The van der Waals surface area contributed by atoms with E-state index in [9.17, 15) is 14.3 Å². The summed E-state index contributed by atoms with van der Waals surface area (Å²) >= 11 is 8.70.